The van der Waals surface area contributed by atoms with Gasteiger partial charge in [-0.2, -0.15) is 0 Å². The molecule has 2 N–H and O–H groups in total. The predicted octanol–water partition coefficient (Wildman–Crippen LogP) is 2.07. The van der Waals surface area contributed by atoms with Gasteiger partial charge >= 0.3 is 0 Å². The summed E-state index contributed by atoms with van der Waals surface area (Å²) < 4.78 is 0. The second kappa shape index (κ2) is 7.58. The molecule has 0 radical (unpaired) electrons. The molecule has 0 saturated carbocycles. The summed E-state index contributed by atoms with van der Waals surface area (Å²) in [6, 6.07) is 0. The summed E-state index contributed by atoms with van der Waals surface area (Å²) in [5.41, 5.74) is 0.666. The predicted molar refractivity (Wildman–Crippen MR) is 65.1 cm³/mol. The first-order chi connectivity index (χ1) is 7.36. The van der Waals surface area contributed by atoms with E-state index in [-0.39, 0.29) is 11.7 Å². The summed E-state index contributed by atoms with van der Waals surface area (Å²) in [5, 5.41) is 19.5. The molecule has 0 saturated heterocycles. The van der Waals surface area contributed by atoms with Crippen molar-refractivity contribution >= 4 is 5.78 Å². The molecule has 94 valence electrons. The second-order valence-corrected chi connectivity index (χ2v) is 4.69. The molecule has 0 heterocycles. The second-order valence-electron chi connectivity index (χ2n) is 4.69. The highest BCUT2D eigenvalue weighted by Crippen LogP contribution is 2.17. The molecule has 3 nitrogen and oxygen atoms in total. The highest BCUT2D eigenvalue weighted by atomic mass is 16.3. The lowest BCUT2D eigenvalue weighted by molar-refractivity contribution is -0.117. The largest absolute Gasteiger partial charge is 0.390 e. The van der Waals surface area contributed by atoms with Crippen molar-refractivity contribution in [3.05, 3.63) is 12.2 Å². The van der Waals surface area contributed by atoms with Crippen molar-refractivity contribution in [3.8, 4) is 0 Å². The van der Waals surface area contributed by atoms with Gasteiger partial charge in [0.25, 0.3) is 0 Å². The van der Waals surface area contributed by atoms with Crippen molar-refractivity contribution in [2.24, 2.45) is 5.92 Å². The number of unbranched alkanes of at least 4 members (excludes halogenated alkanes) is 1. The van der Waals surface area contributed by atoms with E-state index < -0.39 is 12.2 Å². The Morgan fingerprint density at radius 2 is 1.81 bits per heavy atom. The molecule has 0 unspecified atom stereocenters. The third-order valence-corrected chi connectivity index (χ3v) is 2.76. The zero-order valence-electron chi connectivity index (χ0n) is 10.6. The quantitative estimate of drug-likeness (QED) is 0.494. The lowest BCUT2D eigenvalue weighted by Gasteiger charge is -2.22. The number of rotatable bonds is 8. The normalized spacial score (nSPS) is 14.9. The maximum absolute atomic E-state index is 10.7. The van der Waals surface area contributed by atoms with Gasteiger partial charge in [-0.25, -0.2) is 0 Å². The van der Waals surface area contributed by atoms with Gasteiger partial charge in [-0.05, 0) is 31.3 Å². The topological polar surface area (TPSA) is 57.5 Å². The Balaban J connectivity index is 3.83. The van der Waals surface area contributed by atoms with Crippen LogP contribution in [0.1, 0.15) is 46.5 Å². The Morgan fingerprint density at radius 1 is 1.25 bits per heavy atom. The number of aliphatic hydroxyl groups excluding tert-OH is 2. The summed E-state index contributed by atoms with van der Waals surface area (Å²) in [6.07, 6.45) is 0.976. The zero-order chi connectivity index (χ0) is 12.7. The number of hydrogen-bond acceptors (Lipinski definition) is 3. The molecule has 0 aromatic carbocycles. The molecule has 0 aromatic heterocycles. The molecule has 0 amide bonds. The monoisotopic (exact) mass is 228 g/mol. The molecule has 0 fully saturated rings. The van der Waals surface area contributed by atoms with Crippen molar-refractivity contribution in [2.45, 2.75) is 58.7 Å². The molecular formula is C13H24O3. The Hall–Kier alpha value is -0.670. The van der Waals surface area contributed by atoms with Crippen LogP contribution in [0.5, 0.6) is 0 Å². The van der Waals surface area contributed by atoms with Gasteiger partial charge in [-0.1, -0.05) is 26.8 Å². The zero-order valence-corrected chi connectivity index (χ0v) is 10.6. The minimum atomic E-state index is -0.850. The van der Waals surface area contributed by atoms with Crippen LogP contribution >= 0.6 is 0 Å². The molecule has 0 aliphatic rings. The summed E-state index contributed by atoms with van der Waals surface area (Å²) in [4.78, 5) is 10.7. The molecule has 0 aromatic rings. The van der Waals surface area contributed by atoms with Crippen molar-refractivity contribution in [1.82, 2.24) is 0 Å². The van der Waals surface area contributed by atoms with Gasteiger partial charge in [0.1, 0.15) is 11.9 Å². The average Bonchev–Trinajstić information content (AvgIpc) is 2.21. The molecule has 16 heavy (non-hydrogen) atoms. The minimum Gasteiger partial charge on any atom is -0.390 e. The van der Waals surface area contributed by atoms with E-state index in [0.717, 1.165) is 12.8 Å². The third kappa shape index (κ3) is 6.03. The molecule has 2 atom stereocenters. The number of Topliss-reactive ketones (excluding diaryl/α,β-unsaturated/α-hetero) is 1. The molecule has 0 rings (SSSR count). The van der Waals surface area contributed by atoms with E-state index in [0.29, 0.717) is 18.4 Å². The number of carbonyl (C=O) groups is 1. The first-order valence-electron chi connectivity index (χ1n) is 5.90. The lowest BCUT2D eigenvalue weighted by atomic mass is 9.93. The Bertz CT molecular complexity index is 233. The Kier molecular flexibility index (Phi) is 7.26. The third-order valence-electron chi connectivity index (χ3n) is 2.76. The van der Waals surface area contributed by atoms with Gasteiger partial charge in [0.15, 0.2) is 0 Å². The lowest BCUT2D eigenvalue weighted by Crippen LogP contribution is -2.29. The van der Waals surface area contributed by atoms with Crippen LogP contribution in [0.2, 0.25) is 0 Å². The average molecular weight is 228 g/mol. The van der Waals surface area contributed by atoms with Crippen LogP contribution in [0.4, 0.5) is 0 Å². The first-order valence-corrected chi connectivity index (χ1v) is 5.90. The van der Waals surface area contributed by atoms with Crippen LogP contribution < -0.4 is 0 Å². The Morgan fingerprint density at radius 3 is 2.25 bits per heavy atom. The van der Waals surface area contributed by atoms with E-state index in [1.54, 1.807) is 6.92 Å². The van der Waals surface area contributed by atoms with Crippen LogP contribution in [0.15, 0.2) is 12.2 Å². The maximum Gasteiger partial charge on any atom is 0.129 e. The smallest absolute Gasteiger partial charge is 0.129 e. The minimum absolute atomic E-state index is 0.168. The van der Waals surface area contributed by atoms with Crippen LogP contribution in [-0.4, -0.2) is 28.2 Å². The van der Waals surface area contributed by atoms with Crippen molar-refractivity contribution in [1.29, 1.82) is 0 Å². The number of hydrogen-bond donors (Lipinski definition) is 2. The van der Waals surface area contributed by atoms with Crippen LogP contribution in [0, 0.1) is 5.92 Å². The van der Waals surface area contributed by atoms with Crippen molar-refractivity contribution in [3.63, 3.8) is 0 Å². The van der Waals surface area contributed by atoms with Gasteiger partial charge < -0.3 is 15.0 Å². The molecular weight excluding hydrogens is 204 g/mol. The standard InChI is InChI=1S/C13H24O3/c1-9(2)11(4)13(16)12(15)8-6-5-7-10(3)14/h9,12-13,15-16H,4-8H2,1-3H3/t12-,13-/m1/s1. The fraction of sp³-hybridized carbons (Fsp3) is 0.769. The summed E-state index contributed by atoms with van der Waals surface area (Å²) in [5.74, 6) is 0.337. The number of carbonyl (C=O) groups excluding carboxylic acids is 1. The van der Waals surface area contributed by atoms with Gasteiger partial charge in [-0.3, -0.25) is 0 Å². The molecule has 3 heteroatoms. The number of ketones is 1. The molecule has 0 spiro atoms. The van der Waals surface area contributed by atoms with E-state index in [2.05, 4.69) is 6.58 Å². The van der Waals surface area contributed by atoms with Crippen LogP contribution in [0.25, 0.3) is 0 Å². The van der Waals surface area contributed by atoms with Gasteiger partial charge in [-0.15, -0.1) is 0 Å². The fourth-order valence-corrected chi connectivity index (χ4v) is 1.47. The van der Waals surface area contributed by atoms with E-state index in [1.807, 2.05) is 13.8 Å². The van der Waals surface area contributed by atoms with E-state index in [9.17, 15) is 15.0 Å². The van der Waals surface area contributed by atoms with Crippen LogP contribution in [0.3, 0.4) is 0 Å². The van der Waals surface area contributed by atoms with Crippen molar-refractivity contribution < 1.29 is 15.0 Å². The molecule has 0 aliphatic carbocycles. The molecule has 0 aliphatic heterocycles. The summed E-state index contributed by atoms with van der Waals surface area (Å²) in [6.45, 7) is 9.21. The first kappa shape index (κ1) is 15.3. The summed E-state index contributed by atoms with van der Waals surface area (Å²) in [7, 11) is 0. The van der Waals surface area contributed by atoms with Gasteiger partial charge in [0.05, 0.1) is 6.10 Å². The van der Waals surface area contributed by atoms with Crippen LogP contribution in [-0.2, 0) is 4.79 Å². The van der Waals surface area contributed by atoms with E-state index >= 15 is 0 Å². The highest BCUT2D eigenvalue weighted by Gasteiger charge is 2.20. The van der Waals surface area contributed by atoms with E-state index in [4.69, 9.17) is 0 Å². The SMILES string of the molecule is C=C(C(C)C)[C@@H](O)[C@H](O)CCCCC(C)=O. The van der Waals surface area contributed by atoms with Gasteiger partial charge in [0, 0.05) is 6.42 Å². The molecule has 0 bridgehead atoms. The Labute approximate surface area is 98.2 Å². The van der Waals surface area contributed by atoms with Gasteiger partial charge in [0.2, 0.25) is 0 Å². The van der Waals surface area contributed by atoms with E-state index in [1.165, 1.54) is 0 Å². The fourth-order valence-electron chi connectivity index (χ4n) is 1.47. The highest BCUT2D eigenvalue weighted by molar-refractivity contribution is 5.75. The maximum atomic E-state index is 10.7. The number of aliphatic hydroxyl groups is 2. The van der Waals surface area contributed by atoms with Crippen molar-refractivity contribution in [2.75, 3.05) is 0 Å². The summed E-state index contributed by atoms with van der Waals surface area (Å²) >= 11 is 0.